The number of carbonyl (C=O) groups is 1. The van der Waals surface area contributed by atoms with Crippen LogP contribution >= 0.6 is 11.6 Å². The first-order chi connectivity index (χ1) is 15.3. The van der Waals surface area contributed by atoms with Crippen molar-refractivity contribution < 1.29 is 13.2 Å². The number of rotatable bonds is 5. The average molecular weight is 475 g/mol. The summed E-state index contributed by atoms with van der Waals surface area (Å²) in [5.74, 6) is 0.155. The zero-order valence-corrected chi connectivity index (χ0v) is 20.3. The minimum Gasteiger partial charge on any atom is -0.345 e. The number of sulfonamides is 1. The second-order valence-corrected chi connectivity index (χ2v) is 11.5. The van der Waals surface area contributed by atoms with Crippen molar-refractivity contribution in [1.82, 2.24) is 9.62 Å². The molecule has 0 bridgehead atoms. The van der Waals surface area contributed by atoms with Crippen LogP contribution in [0, 0.1) is 5.92 Å². The van der Waals surface area contributed by atoms with Crippen LogP contribution in [0.2, 0.25) is 5.02 Å². The molecule has 32 heavy (non-hydrogen) atoms. The standard InChI is InChI=1S/C25H31ClN2O3S/c1-17-11-13-28(14-12-17)32(30,31)22-9-10-24(26)23(16-22)25(29)27-18(2)20-8-7-19-5-3-4-6-21(19)15-20/h7-10,15-18H,3-6,11-14H2,1-2H3,(H,27,29). The molecule has 0 radical (unpaired) electrons. The Kier molecular flexibility index (Phi) is 6.94. The summed E-state index contributed by atoms with van der Waals surface area (Å²) in [6.45, 7) is 5.08. The summed E-state index contributed by atoms with van der Waals surface area (Å²) >= 11 is 6.30. The number of piperidine rings is 1. The molecule has 1 aliphatic carbocycles. The van der Waals surface area contributed by atoms with Gasteiger partial charge in [0.1, 0.15) is 0 Å². The number of amides is 1. The van der Waals surface area contributed by atoms with Crippen LogP contribution in [0.25, 0.3) is 0 Å². The van der Waals surface area contributed by atoms with Gasteiger partial charge in [-0.05, 0) is 86.3 Å². The molecule has 5 nitrogen and oxygen atoms in total. The van der Waals surface area contributed by atoms with Gasteiger partial charge in [-0.1, -0.05) is 36.7 Å². The first-order valence-electron chi connectivity index (χ1n) is 11.5. The van der Waals surface area contributed by atoms with Gasteiger partial charge in [0.05, 0.1) is 21.5 Å². The van der Waals surface area contributed by atoms with Gasteiger partial charge in [0.25, 0.3) is 5.91 Å². The highest BCUT2D eigenvalue weighted by molar-refractivity contribution is 7.89. The second-order valence-electron chi connectivity index (χ2n) is 9.16. The summed E-state index contributed by atoms with van der Waals surface area (Å²) in [5.41, 5.74) is 3.98. The third-order valence-corrected chi connectivity index (χ3v) is 9.01. The molecule has 172 valence electrons. The van der Waals surface area contributed by atoms with Gasteiger partial charge in [-0.15, -0.1) is 0 Å². The van der Waals surface area contributed by atoms with Crippen LogP contribution in [-0.4, -0.2) is 31.7 Å². The molecular weight excluding hydrogens is 444 g/mol. The van der Waals surface area contributed by atoms with Crippen LogP contribution in [0.1, 0.15) is 72.6 Å². The van der Waals surface area contributed by atoms with E-state index >= 15 is 0 Å². The lowest BCUT2D eigenvalue weighted by Gasteiger charge is -2.29. The molecule has 2 aromatic rings. The normalized spacial score (nSPS) is 18.7. The molecule has 1 saturated heterocycles. The number of benzene rings is 2. The predicted molar refractivity (Wildman–Crippen MR) is 128 cm³/mol. The fourth-order valence-electron chi connectivity index (χ4n) is 4.59. The molecule has 1 aliphatic heterocycles. The molecule has 0 saturated carbocycles. The quantitative estimate of drug-likeness (QED) is 0.653. The monoisotopic (exact) mass is 474 g/mol. The fraction of sp³-hybridized carbons (Fsp3) is 0.480. The van der Waals surface area contributed by atoms with E-state index in [0.717, 1.165) is 31.2 Å². The van der Waals surface area contributed by atoms with Crippen molar-refractivity contribution in [2.45, 2.75) is 63.3 Å². The molecule has 0 spiro atoms. The summed E-state index contributed by atoms with van der Waals surface area (Å²) in [6, 6.07) is 10.6. The van der Waals surface area contributed by atoms with E-state index in [1.807, 2.05) is 6.92 Å². The number of carbonyl (C=O) groups excluding carboxylic acids is 1. The Labute approximate surface area is 196 Å². The molecule has 2 aromatic carbocycles. The molecular formula is C25H31ClN2O3S. The highest BCUT2D eigenvalue weighted by atomic mass is 35.5. The van der Waals surface area contributed by atoms with E-state index in [-0.39, 0.29) is 27.4 Å². The van der Waals surface area contributed by atoms with E-state index < -0.39 is 10.0 Å². The van der Waals surface area contributed by atoms with Crippen molar-refractivity contribution in [3.05, 3.63) is 63.7 Å². The first-order valence-corrected chi connectivity index (χ1v) is 13.3. The second kappa shape index (κ2) is 9.54. The molecule has 2 aliphatic rings. The maximum Gasteiger partial charge on any atom is 0.253 e. The van der Waals surface area contributed by atoms with Crippen LogP contribution < -0.4 is 5.32 Å². The Morgan fingerprint density at radius 2 is 1.75 bits per heavy atom. The maximum atomic E-state index is 13.1. The first kappa shape index (κ1) is 23.3. The van der Waals surface area contributed by atoms with Gasteiger partial charge in [0.15, 0.2) is 0 Å². The molecule has 1 fully saturated rings. The topological polar surface area (TPSA) is 66.5 Å². The number of aryl methyl sites for hydroxylation is 2. The van der Waals surface area contributed by atoms with Crippen LogP contribution in [-0.2, 0) is 22.9 Å². The smallest absolute Gasteiger partial charge is 0.253 e. The minimum atomic E-state index is -3.65. The van der Waals surface area contributed by atoms with E-state index in [4.69, 9.17) is 11.6 Å². The molecule has 1 unspecified atom stereocenters. The molecule has 1 atom stereocenters. The van der Waals surface area contributed by atoms with Crippen LogP contribution in [0.15, 0.2) is 41.3 Å². The molecule has 1 heterocycles. The summed E-state index contributed by atoms with van der Waals surface area (Å²) < 4.78 is 27.7. The highest BCUT2D eigenvalue weighted by Crippen LogP contribution is 2.28. The number of hydrogen-bond donors (Lipinski definition) is 1. The zero-order chi connectivity index (χ0) is 22.9. The Bertz CT molecular complexity index is 1110. The van der Waals surface area contributed by atoms with Crippen molar-refractivity contribution in [3.8, 4) is 0 Å². The van der Waals surface area contributed by atoms with Crippen molar-refractivity contribution >= 4 is 27.5 Å². The van der Waals surface area contributed by atoms with Gasteiger partial charge in [-0.25, -0.2) is 8.42 Å². The molecule has 1 amide bonds. The molecule has 7 heteroatoms. The van der Waals surface area contributed by atoms with Gasteiger partial charge < -0.3 is 5.32 Å². The van der Waals surface area contributed by atoms with E-state index in [1.165, 1.54) is 46.5 Å². The van der Waals surface area contributed by atoms with Crippen molar-refractivity contribution in [2.24, 2.45) is 5.92 Å². The predicted octanol–water partition coefficient (Wildman–Crippen LogP) is 5.13. The van der Waals surface area contributed by atoms with Crippen molar-refractivity contribution in [1.29, 1.82) is 0 Å². The lowest BCUT2D eigenvalue weighted by molar-refractivity contribution is 0.0940. The number of hydrogen-bond acceptors (Lipinski definition) is 3. The van der Waals surface area contributed by atoms with E-state index in [9.17, 15) is 13.2 Å². The summed E-state index contributed by atoms with van der Waals surface area (Å²) in [6.07, 6.45) is 6.31. The Morgan fingerprint density at radius 1 is 1.06 bits per heavy atom. The Balaban J connectivity index is 1.52. The van der Waals surface area contributed by atoms with Crippen LogP contribution in [0.4, 0.5) is 0 Å². The summed E-state index contributed by atoms with van der Waals surface area (Å²) in [5, 5.41) is 3.23. The van der Waals surface area contributed by atoms with Gasteiger partial charge in [0, 0.05) is 13.1 Å². The number of halogens is 1. The maximum absolute atomic E-state index is 13.1. The van der Waals surface area contributed by atoms with Crippen molar-refractivity contribution in [2.75, 3.05) is 13.1 Å². The lowest BCUT2D eigenvalue weighted by atomic mass is 9.89. The van der Waals surface area contributed by atoms with E-state index in [2.05, 4.69) is 30.4 Å². The molecule has 4 rings (SSSR count). The van der Waals surface area contributed by atoms with Gasteiger partial charge >= 0.3 is 0 Å². The van der Waals surface area contributed by atoms with Crippen LogP contribution in [0.5, 0.6) is 0 Å². The van der Waals surface area contributed by atoms with E-state index in [0.29, 0.717) is 19.0 Å². The summed E-state index contributed by atoms with van der Waals surface area (Å²) in [4.78, 5) is 13.1. The van der Waals surface area contributed by atoms with E-state index in [1.54, 1.807) is 0 Å². The third kappa shape index (κ3) is 4.87. The van der Waals surface area contributed by atoms with Crippen LogP contribution in [0.3, 0.4) is 0 Å². The summed E-state index contributed by atoms with van der Waals surface area (Å²) in [7, 11) is -3.65. The van der Waals surface area contributed by atoms with Gasteiger partial charge in [0.2, 0.25) is 10.0 Å². The largest absolute Gasteiger partial charge is 0.345 e. The number of nitrogens with zero attached hydrogens (tertiary/aromatic N) is 1. The highest BCUT2D eigenvalue weighted by Gasteiger charge is 2.29. The Morgan fingerprint density at radius 3 is 2.47 bits per heavy atom. The van der Waals surface area contributed by atoms with Crippen molar-refractivity contribution in [3.63, 3.8) is 0 Å². The lowest BCUT2D eigenvalue weighted by Crippen LogP contribution is -2.38. The minimum absolute atomic E-state index is 0.114. The number of nitrogens with one attached hydrogen (secondary N) is 1. The Hall–Kier alpha value is -1.89. The zero-order valence-electron chi connectivity index (χ0n) is 18.7. The average Bonchev–Trinajstić information content (AvgIpc) is 2.79. The SMILES string of the molecule is CC1CCN(S(=O)(=O)c2ccc(Cl)c(C(=O)NC(C)c3ccc4c(c3)CCCC4)c2)CC1. The van der Waals surface area contributed by atoms with Gasteiger partial charge in [-0.2, -0.15) is 4.31 Å². The fourth-order valence-corrected chi connectivity index (χ4v) is 6.29. The van der Waals surface area contributed by atoms with Gasteiger partial charge in [-0.3, -0.25) is 4.79 Å². The third-order valence-electron chi connectivity index (χ3n) is 6.78. The molecule has 0 aromatic heterocycles. The molecule has 1 N–H and O–H groups in total. The number of fused-ring (bicyclic) bond motifs is 1.